The molecule has 0 aromatic heterocycles. The summed E-state index contributed by atoms with van der Waals surface area (Å²) in [6.07, 6.45) is 0. The predicted octanol–water partition coefficient (Wildman–Crippen LogP) is -3.47. The third-order valence-electron chi connectivity index (χ3n) is 2.67. The molecule has 1 fully saturated rings. The summed E-state index contributed by atoms with van der Waals surface area (Å²) in [5.74, 6) is -1.34. The van der Waals surface area contributed by atoms with Crippen molar-refractivity contribution in [3.8, 4) is 0 Å². The molecule has 2 rings (SSSR count). The van der Waals surface area contributed by atoms with E-state index in [0.717, 1.165) is 0 Å². The van der Waals surface area contributed by atoms with Crippen molar-refractivity contribution in [3.05, 3.63) is 35.4 Å². The van der Waals surface area contributed by atoms with Gasteiger partial charge in [0, 0.05) is 18.7 Å². The van der Waals surface area contributed by atoms with Gasteiger partial charge in [-0.05, 0) is 17.7 Å². The molecular formula is C12H12CsNO4. The van der Waals surface area contributed by atoms with Crippen LogP contribution in [0.4, 0.5) is 0 Å². The molecule has 0 N–H and O–H groups in total. The van der Waals surface area contributed by atoms with Gasteiger partial charge in [0.1, 0.15) is 0 Å². The van der Waals surface area contributed by atoms with Crippen LogP contribution in [-0.2, 0) is 4.74 Å². The first-order valence-electron chi connectivity index (χ1n) is 5.37. The third kappa shape index (κ3) is 4.09. The topological polar surface area (TPSA) is 69.7 Å². The van der Waals surface area contributed by atoms with E-state index in [0.29, 0.717) is 31.9 Å². The molecule has 18 heavy (non-hydrogen) atoms. The van der Waals surface area contributed by atoms with Crippen LogP contribution < -0.4 is 74.0 Å². The van der Waals surface area contributed by atoms with Gasteiger partial charge in [0.05, 0.1) is 19.2 Å². The van der Waals surface area contributed by atoms with E-state index in [1.807, 2.05) is 0 Å². The second-order valence-electron chi connectivity index (χ2n) is 3.77. The van der Waals surface area contributed by atoms with Gasteiger partial charge >= 0.3 is 68.9 Å². The van der Waals surface area contributed by atoms with Crippen molar-refractivity contribution in [3.63, 3.8) is 0 Å². The van der Waals surface area contributed by atoms with Gasteiger partial charge in [0.25, 0.3) is 5.91 Å². The number of carbonyl (C=O) groups excluding carboxylic acids is 2. The zero-order valence-electron chi connectivity index (χ0n) is 10.2. The molecular weight excluding hydrogens is 355 g/mol. The number of amides is 1. The van der Waals surface area contributed by atoms with Crippen LogP contribution in [0.3, 0.4) is 0 Å². The van der Waals surface area contributed by atoms with Crippen LogP contribution in [0.2, 0.25) is 0 Å². The molecule has 5 nitrogen and oxygen atoms in total. The molecule has 0 atom stereocenters. The van der Waals surface area contributed by atoms with Crippen LogP contribution in [0.25, 0.3) is 0 Å². The molecule has 0 spiro atoms. The quantitative estimate of drug-likeness (QED) is 0.545. The van der Waals surface area contributed by atoms with Gasteiger partial charge in [0.2, 0.25) is 0 Å². The van der Waals surface area contributed by atoms with Crippen molar-refractivity contribution >= 4 is 11.9 Å². The Kier molecular flexibility index (Phi) is 6.93. The maximum Gasteiger partial charge on any atom is 1.00 e. The molecule has 1 aromatic carbocycles. The zero-order valence-corrected chi connectivity index (χ0v) is 16.5. The van der Waals surface area contributed by atoms with Gasteiger partial charge in [-0.3, -0.25) is 4.79 Å². The van der Waals surface area contributed by atoms with E-state index in [9.17, 15) is 14.7 Å². The summed E-state index contributed by atoms with van der Waals surface area (Å²) >= 11 is 0. The Labute approximate surface area is 164 Å². The number of hydrogen-bond acceptors (Lipinski definition) is 4. The van der Waals surface area contributed by atoms with Gasteiger partial charge in [-0.15, -0.1) is 0 Å². The second-order valence-corrected chi connectivity index (χ2v) is 3.77. The van der Waals surface area contributed by atoms with Crippen LogP contribution in [0.15, 0.2) is 24.3 Å². The molecule has 0 bridgehead atoms. The zero-order chi connectivity index (χ0) is 12.3. The first-order chi connectivity index (χ1) is 8.18. The van der Waals surface area contributed by atoms with E-state index in [-0.39, 0.29) is 80.4 Å². The number of ether oxygens (including phenoxy) is 1. The van der Waals surface area contributed by atoms with Crippen molar-refractivity contribution in [1.82, 2.24) is 4.90 Å². The molecule has 0 aliphatic carbocycles. The standard InChI is InChI=1S/C12H13NO4.Cs/c14-11(13-5-7-17-8-6-13)9-1-3-10(4-2-9)12(15)16;/h1-4H,5-8H2,(H,15,16);/q;+1/p-1. The number of hydrogen-bond donors (Lipinski definition) is 0. The van der Waals surface area contributed by atoms with Crippen LogP contribution in [0, 0.1) is 0 Å². The number of aromatic carboxylic acids is 1. The molecule has 1 saturated heterocycles. The Morgan fingerprint density at radius 1 is 1.06 bits per heavy atom. The maximum atomic E-state index is 12.0. The SMILES string of the molecule is O=C([O-])c1ccc(C(=O)N2CCOCC2)cc1.[Cs+]. The predicted molar refractivity (Wildman–Crippen MR) is 57.5 cm³/mol. The number of carboxylic acid groups (broad SMARTS) is 1. The largest absolute Gasteiger partial charge is 1.00 e. The first-order valence-corrected chi connectivity index (χ1v) is 5.37. The van der Waals surface area contributed by atoms with E-state index in [4.69, 9.17) is 4.74 Å². The average molecular weight is 367 g/mol. The van der Waals surface area contributed by atoms with Crippen molar-refractivity contribution < 1.29 is 88.3 Å². The summed E-state index contributed by atoms with van der Waals surface area (Å²) in [5, 5.41) is 10.6. The van der Waals surface area contributed by atoms with Crippen molar-refractivity contribution in [2.75, 3.05) is 26.3 Å². The van der Waals surface area contributed by atoms with E-state index in [1.54, 1.807) is 4.90 Å². The molecule has 1 heterocycles. The summed E-state index contributed by atoms with van der Waals surface area (Å²) in [6.45, 7) is 2.23. The number of rotatable bonds is 2. The average Bonchev–Trinajstić information content (AvgIpc) is 2.39. The summed E-state index contributed by atoms with van der Waals surface area (Å²) in [7, 11) is 0. The minimum Gasteiger partial charge on any atom is -0.545 e. The monoisotopic (exact) mass is 367 g/mol. The Morgan fingerprint density at radius 2 is 1.56 bits per heavy atom. The summed E-state index contributed by atoms with van der Waals surface area (Å²) < 4.78 is 5.16. The van der Waals surface area contributed by atoms with E-state index >= 15 is 0 Å². The number of morpholine rings is 1. The fraction of sp³-hybridized carbons (Fsp3) is 0.333. The van der Waals surface area contributed by atoms with Crippen LogP contribution in [0.1, 0.15) is 20.7 Å². The normalized spacial score (nSPS) is 14.8. The molecule has 90 valence electrons. The number of carbonyl (C=O) groups is 2. The van der Waals surface area contributed by atoms with Crippen molar-refractivity contribution in [2.45, 2.75) is 0 Å². The molecule has 1 aromatic rings. The van der Waals surface area contributed by atoms with Crippen molar-refractivity contribution in [1.29, 1.82) is 0 Å². The van der Waals surface area contributed by atoms with Crippen LogP contribution in [-0.4, -0.2) is 43.1 Å². The fourth-order valence-electron chi connectivity index (χ4n) is 1.70. The minimum absolute atomic E-state index is 0. The molecule has 1 aliphatic heterocycles. The van der Waals surface area contributed by atoms with Crippen molar-refractivity contribution in [2.24, 2.45) is 0 Å². The summed E-state index contributed by atoms with van der Waals surface area (Å²) in [4.78, 5) is 24.2. The van der Waals surface area contributed by atoms with Gasteiger partial charge in [0.15, 0.2) is 0 Å². The van der Waals surface area contributed by atoms with Gasteiger partial charge in [-0.25, -0.2) is 0 Å². The van der Waals surface area contributed by atoms with Gasteiger partial charge < -0.3 is 19.5 Å². The van der Waals surface area contributed by atoms with E-state index in [2.05, 4.69) is 0 Å². The van der Waals surface area contributed by atoms with E-state index < -0.39 is 5.97 Å². The molecule has 0 unspecified atom stereocenters. The number of nitrogens with zero attached hydrogens (tertiary/aromatic N) is 1. The Balaban J connectivity index is 0.00000162. The molecule has 0 radical (unpaired) electrons. The molecule has 0 saturated carbocycles. The van der Waals surface area contributed by atoms with Crippen LogP contribution >= 0.6 is 0 Å². The number of carboxylic acids is 1. The van der Waals surface area contributed by atoms with Crippen LogP contribution in [0.5, 0.6) is 0 Å². The second kappa shape index (κ2) is 7.69. The molecule has 1 amide bonds. The maximum absolute atomic E-state index is 12.0. The Morgan fingerprint density at radius 3 is 2.06 bits per heavy atom. The van der Waals surface area contributed by atoms with E-state index in [1.165, 1.54) is 24.3 Å². The fourth-order valence-corrected chi connectivity index (χ4v) is 1.70. The Bertz CT molecular complexity index is 426. The molecule has 6 heteroatoms. The molecule has 1 aliphatic rings. The first kappa shape index (κ1) is 16.2. The van der Waals surface area contributed by atoms with Gasteiger partial charge in [-0.2, -0.15) is 0 Å². The smallest absolute Gasteiger partial charge is 0.545 e. The third-order valence-corrected chi connectivity index (χ3v) is 2.67. The van der Waals surface area contributed by atoms with Gasteiger partial charge in [-0.1, -0.05) is 12.1 Å². The Hall–Kier alpha value is 0.172. The summed E-state index contributed by atoms with van der Waals surface area (Å²) in [5.41, 5.74) is 0.556. The number of benzene rings is 1. The summed E-state index contributed by atoms with van der Waals surface area (Å²) in [6, 6.07) is 5.76. The minimum atomic E-state index is -1.24.